The van der Waals surface area contributed by atoms with Gasteiger partial charge in [-0.2, -0.15) is 0 Å². The first-order valence-corrected chi connectivity index (χ1v) is 3.94. The van der Waals surface area contributed by atoms with E-state index in [-0.39, 0.29) is 19.5 Å². The summed E-state index contributed by atoms with van der Waals surface area (Å²) >= 11 is 0. The van der Waals surface area contributed by atoms with Crippen molar-refractivity contribution in [2.45, 2.75) is 0 Å². The minimum Gasteiger partial charge on any atom is -0.343 e. The molecule has 10 heavy (non-hydrogen) atoms. The molecule has 0 saturated carbocycles. The molecule has 0 aliphatic carbocycles. The third-order valence-electron chi connectivity index (χ3n) is 1.02. The van der Waals surface area contributed by atoms with E-state index >= 15 is 0 Å². The van der Waals surface area contributed by atoms with Crippen LogP contribution in [0.2, 0.25) is 0 Å². The van der Waals surface area contributed by atoms with Crippen LogP contribution in [-0.4, -0.2) is 4.89 Å². The summed E-state index contributed by atoms with van der Waals surface area (Å²) in [4.78, 5) is 8.57. The fraction of sp³-hybridized carbons (Fsp3) is 0. The Hall–Kier alpha value is 0.0334. The van der Waals surface area contributed by atoms with Gasteiger partial charge in [0.05, 0.1) is 0 Å². The van der Waals surface area contributed by atoms with Crippen LogP contribution in [0, 0.1) is 0 Å². The summed E-state index contributed by atoms with van der Waals surface area (Å²) < 4.78 is 10.4. The topological polar surface area (TPSA) is 37.3 Å². The Morgan fingerprint density at radius 3 is 2.00 bits per heavy atom. The second-order valence-corrected chi connectivity index (χ2v) is 2.86. The van der Waals surface area contributed by atoms with Crippen LogP contribution >= 0.6 is 8.03 Å². The molecule has 0 fully saturated rings. The first kappa shape index (κ1) is 10.0. The van der Waals surface area contributed by atoms with Gasteiger partial charge in [0.2, 0.25) is 8.03 Å². The van der Waals surface area contributed by atoms with E-state index in [4.69, 9.17) is 4.89 Å². The Labute approximate surface area is 72.9 Å². The van der Waals surface area contributed by atoms with Crippen LogP contribution in [0.15, 0.2) is 30.3 Å². The van der Waals surface area contributed by atoms with Gasteiger partial charge in [0.25, 0.3) is 0 Å². The van der Waals surface area contributed by atoms with Crippen LogP contribution in [0.1, 0.15) is 0 Å². The maximum atomic E-state index is 10.4. The zero-order valence-electron chi connectivity index (χ0n) is 5.45. The first-order chi connectivity index (χ1) is 4.30. The van der Waals surface area contributed by atoms with E-state index in [1.165, 1.54) is 0 Å². The van der Waals surface area contributed by atoms with Gasteiger partial charge in [-0.3, -0.25) is 4.57 Å². The molecule has 1 aromatic carbocycles. The summed E-state index contributed by atoms with van der Waals surface area (Å²) in [5.74, 6) is 0. The van der Waals surface area contributed by atoms with Gasteiger partial charge < -0.3 is 4.89 Å². The van der Waals surface area contributed by atoms with Gasteiger partial charge >= 0.3 is 0 Å². The van der Waals surface area contributed by atoms with Crippen LogP contribution in [0.3, 0.4) is 0 Å². The van der Waals surface area contributed by atoms with E-state index in [9.17, 15) is 4.57 Å². The largest absolute Gasteiger partial charge is 0.343 e. The molecule has 2 nitrogen and oxygen atoms in total. The fourth-order valence-corrected chi connectivity index (χ4v) is 1.06. The molecule has 0 radical (unpaired) electrons. The molecule has 4 heteroatoms. The van der Waals surface area contributed by atoms with E-state index in [0.29, 0.717) is 5.30 Å². The molecule has 0 aliphatic rings. The quantitative estimate of drug-likeness (QED) is 0.546. The van der Waals surface area contributed by atoms with Crippen molar-refractivity contribution in [1.82, 2.24) is 0 Å². The Morgan fingerprint density at radius 2 is 1.70 bits per heavy atom. The average Bonchev–Trinajstić information content (AvgIpc) is 1.90. The molecule has 0 heterocycles. The molecular formula is C6H7O2PZn. The molecule has 1 unspecified atom stereocenters. The molecule has 1 aromatic rings. The summed E-state index contributed by atoms with van der Waals surface area (Å²) in [5.41, 5.74) is 0. The molecule has 0 bridgehead atoms. The normalized spacial score (nSPS) is 11.7. The van der Waals surface area contributed by atoms with Crippen LogP contribution in [0.4, 0.5) is 0 Å². The second-order valence-electron chi connectivity index (χ2n) is 1.67. The zero-order valence-corrected chi connectivity index (χ0v) is 9.42. The van der Waals surface area contributed by atoms with Crippen molar-refractivity contribution in [1.29, 1.82) is 0 Å². The Bertz CT molecular complexity index is 212. The van der Waals surface area contributed by atoms with Crippen LogP contribution in [0.5, 0.6) is 0 Å². The van der Waals surface area contributed by atoms with Gasteiger partial charge in [-0.15, -0.1) is 0 Å². The van der Waals surface area contributed by atoms with Crippen molar-refractivity contribution < 1.29 is 28.9 Å². The van der Waals surface area contributed by atoms with Gasteiger partial charge in [0.15, 0.2) is 0 Å². The molecule has 1 N–H and O–H groups in total. The van der Waals surface area contributed by atoms with Crippen LogP contribution in [0.25, 0.3) is 0 Å². The first-order valence-electron chi connectivity index (χ1n) is 2.59. The maximum absolute atomic E-state index is 10.4. The predicted molar refractivity (Wildman–Crippen MR) is 37.3 cm³/mol. The molecule has 0 aromatic heterocycles. The fourth-order valence-electron chi connectivity index (χ4n) is 0.581. The molecule has 0 spiro atoms. The average molecular weight is 207 g/mol. The minimum atomic E-state index is -2.46. The van der Waals surface area contributed by atoms with Gasteiger partial charge in [0.1, 0.15) is 0 Å². The molecule has 0 saturated heterocycles. The molecule has 0 aliphatic heterocycles. The smallest absolute Gasteiger partial charge is 0.218 e. The summed E-state index contributed by atoms with van der Waals surface area (Å²) in [6.45, 7) is 0. The summed E-state index contributed by atoms with van der Waals surface area (Å²) in [6, 6.07) is 8.58. The van der Waals surface area contributed by atoms with Crippen LogP contribution in [-0.2, 0) is 24.0 Å². The van der Waals surface area contributed by atoms with Crippen molar-refractivity contribution >= 4 is 13.3 Å². The molecule has 50 valence electrons. The molecule has 1 atom stereocenters. The minimum absolute atomic E-state index is 0. The Balaban J connectivity index is 0.000000810. The molecular weight excluding hydrogens is 200 g/mol. The van der Waals surface area contributed by atoms with Gasteiger partial charge in [-0.05, 0) is 12.1 Å². The predicted octanol–water partition coefficient (Wildman–Crippen LogP) is 0.776. The Morgan fingerprint density at radius 1 is 1.20 bits per heavy atom. The van der Waals surface area contributed by atoms with Crippen molar-refractivity contribution in [3.63, 3.8) is 0 Å². The third-order valence-corrected chi connectivity index (χ3v) is 1.85. The van der Waals surface area contributed by atoms with E-state index in [1.807, 2.05) is 6.07 Å². The van der Waals surface area contributed by atoms with Crippen molar-refractivity contribution in [3.8, 4) is 0 Å². The maximum Gasteiger partial charge on any atom is 0.218 e. The van der Waals surface area contributed by atoms with E-state index < -0.39 is 8.03 Å². The molecule has 1 rings (SSSR count). The van der Waals surface area contributed by atoms with Gasteiger partial charge in [-0.1, -0.05) is 18.2 Å². The van der Waals surface area contributed by atoms with Crippen LogP contribution < -0.4 is 5.30 Å². The number of benzene rings is 1. The zero-order chi connectivity index (χ0) is 6.69. The van der Waals surface area contributed by atoms with Crippen molar-refractivity contribution in [2.75, 3.05) is 0 Å². The van der Waals surface area contributed by atoms with Crippen molar-refractivity contribution in [3.05, 3.63) is 30.3 Å². The van der Waals surface area contributed by atoms with E-state index in [0.717, 1.165) is 0 Å². The van der Waals surface area contributed by atoms with Gasteiger partial charge in [-0.25, -0.2) is 0 Å². The monoisotopic (exact) mass is 206 g/mol. The summed E-state index contributed by atoms with van der Waals surface area (Å²) in [5, 5.41) is 0.516. The summed E-state index contributed by atoms with van der Waals surface area (Å²) in [7, 11) is -2.46. The number of hydrogen-bond acceptors (Lipinski definition) is 1. The second kappa shape index (κ2) is 4.79. The Kier molecular flexibility index (Phi) is 4.80. The van der Waals surface area contributed by atoms with E-state index in [1.54, 1.807) is 24.3 Å². The standard InChI is InChI=1S/C6H7O2P.Zn/c7-9(8)6-4-2-1-3-5-6;/h1-5,9H,(H,7,8);. The van der Waals surface area contributed by atoms with Gasteiger partial charge in [0, 0.05) is 24.8 Å². The van der Waals surface area contributed by atoms with E-state index in [2.05, 4.69) is 0 Å². The number of rotatable bonds is 1. The summed E-state index contributed by atoms with van der Waals surface area (Å²) in [6.07, 6.45) is 0. The molecule has 0 amide bonds. The van der Waals surface area contributed by atoms with Crippen molar-refractivity contribution in [2.24, 2.45) is 0 Å². The SMILES string of the molecule is O=[PH](O)c1ccccc1.[Zn]. The number of hydrogen-bond donors (Lipinski definition) is 1. The third kappa shape index (κ3) is 2.74.